The number of carbonyl (C=O) groups is 2. The highest BCUT2D eigenvalue weighted by Gasteiger charge is 2.24. The van der Waals surface area contributed by atoms with Gasteiger partial charge in [-0.25, -0.2) is 29.9 Å². The Balaban J connectivity index is 0.000000159. The fourth-order valence-electron chi connectivity index (χ4n) is 12.7. The number of nitrogens with two attached hydrogens (primary N) is 1. The van der Waals surface area contributed by atoms with E-state index in [-0.39, 0.29) is 0 Å². The summed E-state index contributed by atoms with van der Waals surface area (Å²) in [5, 5.41) is 1.95. The van der Waals surface area contributed by atoms with Crippen LogP contribution in [-0.2, 0) is 0 Å². The van der Waals surface area contributed by atoms with Crippen molar-refractivity contribution < 1.29 is 9.59 Å². The van der Waals surface area contributed by atoms with Crippen molar-refractivity contribution in [3.8, 4) is 66.2 Å². The number of thiazole rings is 2. The first-order valence-corrected chi connectivity index (χ1v) is 36.5. The van der Waals surface area contributed by atoms with E-state index in [1.165, 1.54) is 0 Å². The van der Waals surface area contributed by atoms with E-state index in [9.17, 15) is 9.59 Å². The molecule has 6 heterocycles. The summed E-state index contributed by atoms with van der Waals surface area (Å²) in [7, 11) is 0. The lowest BCUT2D eigenvalue weighted by Crippen LogP contribution is -2.03. The van der Waals surface area contributed by atoms with Crippen molar-refractivity contribution in [1.82, 2.24) is 29.9 Å². The zero-order valence-electron chi connectivity index (χ0n) is 57.1. The van der Waals surface area contributed by atoms with Gasteiger partial charge in [0.05, 0.1) is 66.0 Å². The van der Waals surface area contributed by atoms with E-state index in [1.807, 2.05) is 182 Å². The second-order valence-electron chi connectivity index (χ2n) is 24.8. The van der Waals surface area contributed by atoms with Crippen molar-refractivity contribution in [2.45, 2.75) is 4.90 Å². The highest BCUT2D eigenvalue weighted by Crippen LogP contribution is 2.43. The van der Waals surface area contributed by atoms with Crippen LogP contribution >= 0.6 is 35.3 Å². The molecule has 0 spiro atoms. The van der Waals surface area contributed by atoms with E-state index in [4.69, 9.17) is 35.6 Å². The van der Waals surface area contributed by atoms with Crippen LogP contribution in [0.2, 0.25) is 0 Å². The first-order chi connectivity index (χ1) is 52.3. The minimum atomic E-state index is 0.549. The highest BCUT2D eigenvalue weighted by molar-refractivity contribution is 7.80. The summed E-state index contributed by atoms with van der Waals surface area (Å²) in [6, 6.07) is 122. The molecule has 0 aliphatic carbocycles. The monoisotopic (exact) mass is 1420 g/mol. The number of nitrogens with zero attached hydrogens (tertiary/aromatic N) is 6. The largest absolute Gasteiger partial charge is 0.398 e. The average Bonchev–Trinajstić information content (AvgIpc) is 1.02. The number of hydrogen-bond acceptors (Lipinski definition) is 12. The number of aldehydes is 2. The number of rotatable bonds is 16. The predicted molar refractivity (Wildman–Crippen MR) is 441 cm³/mol. The van der Waals surface area contributed by atoms with Crippen molar-refractivity contribution in [2.75, 3.05) is 5.73 Å². The second kappa shape index (κ2) is 32.4. The standard InChI is InChI=1S/C50H32N4S2.C38H26N2O2.C6H7NS/c1-3-15-33(16-4-1)39-25-13-27-43(51-39)48(44-28-14-26-40(52-44)34-17-5-2-6-18-34)47(35-19-11-21-37(31-35)49-53-41-23-7-9-29-45(41)55-49)36-20-12-22-38(32-36)50-54-42-24-8-10-30-46(42)56-50;41-25-27-11-7-17-31(23-27)37(32-18-8-12-28(24-32)26-42)38(35-21-9-19-33(39-35)29-13-3-1-4-14-29)36-22-10-20-34(40-36)30-15-5-2-6-16-30;7-5-3-1-2-4-6(5)8/h1-32H;1-26H;1-4,8H,7H2. The average molecular weight is 1420 g/mol. The lowest BCUT2D eigenvalue weighted by Gasteiger charge is -2.19. The van der Waals surface area contributed by atoms with Gasteiger partial charge in [0.25, 0.3) is 0 Å². The topological polar surface area (TPSA) is 138 Å². The molecule has 12 heteroatoms. The fraction of sp³-hybridized carbons (Fsp3) is 0. The Morgan fingerprint density at radius 1 is 0.274 bits per heavy atom. The number of anilines is 1. The molecule has 6 aromatic heterocycles. The molecule has 0 fully saturated rings. The van der Waals surface area contributed by atoms with Crippen molar-refractivity contribution in [1.29, 1.82) is 0 Å². The molecule has 9 nitrogen and oxygen atoms in total. The van der Waals surface area contributed by atoms with Gasteiger partial charge in [-0.05, 0) is 131 Å². The molecule has 11 aromatic carbocycles. The van der Waals surface area contributed by atoms with Crippen LogP contribution in [0.3, 0.4) is 0 Å². The van der Waals surface area contributed by atoms with E-state index in [2.05, 4.69) is 182 Å². The third kappa shape index (κ3) is 15.7. The minimum Gasteiger partial charge on any atom is -0.398 e. The molecule has 0 saturated carbocycles. The molecule has 0 aliphatic heterocycles. The maximum Gasteiger partial charge on any atom is 0.150 e. The Labute approximate surface area is 628 Å². The summed E-state index contributed by atoms with van der Waals surface area (Å²) in [6.07, 6.45) is 1.68. The van der Waals surface area contributed by atoms with E-state index >= 15 is 0 Å². The molecule has 0 bridgehead atoms. The summed E-state index contributed by atoms with van der Waals surface area (Å²) >= 11 is 7.49. The van der Waals surface area contributed by atoms with Gasteiger partial charge >= 0.3 is 0 Å². The highest BCUT2D eigenvalue weighted by atomic mass is 32.1. The Bertz CT molecular complexity index is 5630. The molecule has 506 valence electrons. The summed E-state index contributed by atoms with van der Waals surface area (Å²) in [6.45, 7) is 0. The predicted octanol–water partition coefficient (Wildman–Crippen LogP) is 23.4. The van der Waals surface area contributed by atoms with E-state index in [0.717, 1.165) is 177 Å². The van der Waals surface area contributed by atoms with Gasteiger partial charge in [-0.1, -0.05) is 255 Å². The summed E-state index contributed by atoms with van der Waals surface area (Å²) in [5.41, 5.74) is 29.3. The van der Waals surface area contributed by atoms with Crippen LogP contribution in [0.5, 0.6) is 0 Å². The SMILES string of the molecule is Nc1ccccc1S.O=Cc1cccc(C(=C(c2cccc(-c3ccccc3)n2)c2cccc(-c3ccccc3)n2)c2cccc(C=O)c2)c1.c1ccc(-c2cccc(C(=C(c3cccc(-c4nc5ccccc5s4)c3)c3cccc(-c4nc5ccccc5s4)c3)c3cccc(-c4ccccc4)n3)n2)cc1. The van der Waals surface area contributed by atoms with Gasteiger partial charge < -0.3 is 5.73 Å². The third-order valence-electron chi connectivity index (χ3n) is 17.7. The molecule has 0 unspecified atom stereocenters. The molecular weight excluding hydrogens is 1360 g/mol. The Morgan fingerprint density at radius 2 is 0.566 bits per heavy atom. The number of thiol groups is 1. The molecule has 0 saturated heterocycles. The first kappa shape index (κ1) is 68.5. The molecule has 17 rings (SSSR count). The van der Waals surface area contributed by atoms with Gasteiger partial charge in [0.15, 0.2) is 0 Å². The van der Waals surface area contributed by atoms with Crippen LogP contribution in [0.1, 0.15) is 65.7 Å². The third-order valence-corrected chi connectivity index (χ3v) is 20.3. The smallest absolute Gasteiger partial charge is 0.150 e. The number of aromatic nitrogens is 6. The Morgan fingerprint density at radius 3 is 0.887 bits per heavy atom. The van der Waals surface area contributed by atoms with Gasteiger partial charge in [-0.2, -0.15) is 0 Å². The number of carbonyl (C=O) groups excluding carboxylic acids is 2. The van der Waals surface area contributed by atoms with Crippen LogP contribution in [0.25, 0.3) is 109 Å². The van der Waals surface area contributed by atoms with Crippen molar-refractivity contribution in [3.05, 3.63) is 420 Å². The lowest BCUT2D eigenvalue weighted by molar-refractivity contribution is 0.111. The van der Waals surface area contributed by atoms with Crippen LogP contribution in [0.4, 0.5) is 5.69 Å². The molecule has 106 heavy (non-hydrogen) atoms. The van der Waals surface area contributed by atoms with Gasteiger partial charge in [0.2, 0.25) is 0 Å². The van der Waals surface area contributed by atoms with Crippen LogP contribution < -0.4 is 5.73 Å². The Hall–Kier alpha value is -13.2. The van der Waals surface area contributed by atoms with Gasteiger partial charge in [-0.15, -0.1) is 35.3 Å². The van der Waals surface area contributed by atoms with Crippen molar-refractivity contribution >= 4 is 96.3 Å². The molecule has 0 radical (unpaired) electrons. The summed E-state index contributed by atoms with van der Waals surface area (Å²) in [4.78, 5) is 55.7. The number of nitrogen functional groups attached to an aromatic ring is 1. The number of hydrogen-bond donors (Lipinski definition) is 2. The van der Waals surface area contributed by atoms with Gasteiger partial charge in [-0.3, -0.25) is 9.59 Å². The van der Waals surface area contributed by atoms with Gasteiger partial charge in [0.1, 0.15) is 22.6 Å². The number of fused-ring (bicyclic) bond motifs is 2. The molecule has 0 atom stereocenters. The van der Waals surface area contributed by atoms with Crippen LogP contribution in [0.15, 0.2) is 369 Å². The van der Waals surface area contributed by atoms with E-state index in [0.29, 0.717) is 11.1 Å². The van der Waals surface area contributed by atoms with Crippen molar-refractivity contribution in [2.24, 2.45) is 0 Å². The Kier molecular flexibility index (Phi) is 20.9. The zero-order valence-corrected chi connectivity index (χ0v) is 59.7. The first-order valence-electron chi connectivity index (χ1n) is 34.4. The molecule has 2 N–H and O–H groups in total. The maximum atomic E-state index is 11.8. The zero-order chi connectivity index (χ0) is 72.0. The second-order valence-corrected chi connectivity index (χ2v) is 27.3. The molecule has 0 amide bonds. The fourth-order valence-corrected chi connectivity index (χ4v) is 14.8. The number of para-hydroxylation sites is 3. The quantitative estimate of drug-likeness (QED) is 0.0550. The normalized spacial score (nSPS) is 10.8. The van der Waals surface area contributed by atoms with Crippen LogP contribution in [0, 0.1) is 0 Å². The minimum absolute atomic E-state index is 0.549. The van der Waals surface area contributed by atoms with E-state index < -0.39 is 0 Å². The maximum absolute atomic E-state index is 11.8. The molecular formula is C94H65N7O2S3. The van der Waals surface area contributed by atoms with Crippen molar-refractivity contribution in [3.63, 3.8) is 0 Å². The molecule has 17 aromatic rings. The number of pyridine rings is 4. The molecule has 0 aliphatic rings. The van der Waals surface area contributed by atoms with Crippen LogP contribution in [-0.4, -0.2) is 42.5 Å². The number of benzene rings is 11. The summed E-state index contributed by atoms with van der Waals surface area (Å²) < 4.78 is 2.33. The summed E-state index contributed by atoms with van der Waals surface area (Å²) in [5.74, 6) is 0. The van der Waals surface area contributed by atoms with Gasteiger partial charge in [0, 0.05) is 77.4 Å². The van der Waals surface area contributed by atoms with E-state index in [1.54, 1.807) is 34.8 Å². The lowest BCUT2D eigenvalue weighted by atomic mass is 9.88.